The Hall–Kier alpha value is -3.02. The number of amides is 1. The third-order valence-electron chi connectivity index (χ3n) is 6.97. The summed E-state index contributed by atoms with van der Waals surface area (Å²) in [4.78, 5) is 15.3. The Labute approximate surface area is 211 Å². The molecule has 5 nitrogen and oxygen atoms in total. The van der Waals surface area contributed by atoms with Gasteiger partial charge in [-0.3, -0.25) is 9.69 Å². The number of carbonyl (C=O) groups excluding carboxylic acids is 1. The van der Waals surface area contributed by atoms with Crippen LogP contribution in [0.15, 0.2) is 77.4 Å². The number of para-hydroxylation sites is 1. The van der Waals surface area contributed by atoms with E-state index in [1.807, 2.05) is 31.2 Å². The molecule has 0 unspecified atom stereocenters. The summed E-state index contributed by atoms with van der Waals surface area (Å²) in [5.74, 6) is 1.15. The van der Waals surface area contributed by atoms with Gasteiger partial charge >= 0.3 is 0 Å². The second-order valence-corrected chi connectivity index (χ2v) is 10.1. The Morgan fingerprint density at radius 2 is 1.83 bits per heavy atom. The number of likely N-dealkylation sites (tertiary alicyclic amines) is 1. The number of nitrogens with zero attached hydrogens (tertiary/aromatic N) is 2. The maximum Gasteiger partial charge on any atom is 0.223 e. The molecule has 2 aromatic carbocycles. The Balaban J connectivity index is 1.21. The third-order valence-corrected chi connectivity index (χ3v) is 7.22. The first-order chi connectivity index (χ1) is 17.0. The van der Waals surface area contributed by atoms with Crippen molar-refractivity contribution in [2.24, 2.45) is 5.92 Å². The van der Waals surface area contributed by atoms with E-state index in [0.717, 1.165) is 56.2 Å². The minimum absolute atomic E-state index is 0.0651. The van der Waals surface area contributed by atoms with E-state index < -0.39 is 0 Å². The molecule has 1 saturated heterocycles. The molecule has 35 heavy (non-hydrogen) atoms. The number of furan rings is 1. The molecule has 2 aromatic heterocycles. The topological polar surface area (TPSA) is 50.4 Å². The number of hydrogen-bond acceptors (Lipinski definition) is 3. The van der Waals surface area contributed by atoms with Crippen LogP contribution in [0.1, 0.15) is 36.8 Å². The quantitative estimate of drug-likeness (QED) is 0.335. The van der Waals surface area contributed by atoms with Crippen LogP contribution in [0.4, 0.5) is 0 Å². The van der Waals surface area contributed by atoms with E-state index in [0.29, 0.717) is 0 Å². The van der Waals surface area contributed by atoms with Gasteiger partial charge in [-0.05, 0) is 80.2 Å². The van der Waals surface area contributed by atoms with Gasteiger partial charge in [-0.2, -0.15) is 0 Å². The number of halogens is 1. The Morgan fingerprint density at radius 3 is 2.57 bits per heavy atom. The van der Waals surface area contributed by atoms with Gasteiger partial charge < -0.3 is 14.3 Å². The summed E-state index contributed by atoms with van der Waals surface area (Å²) in [5.41, 5.74) is 3.78. The smallest absolute Gasteiger partial charge is 0.223 e. The van der Waals surface area contributed by atoms with Crippen LogP contribution in [0.5, 0.6) is 0 Å². The van der Waals surface area contributed by atoms with E-state index in [1.165, 1.54) is 22.2 Å². The van der Waals surface area contributed by atoms with Gasteiger partial charge in [-0.1, -0.05) is 41.9 Å². The minimum Gasteiger partial charge on any atom is -0.469 e. The monoisotopic (exact) mass is 489 g/mol. The molecule has 3 heterocycles. The van der Waals surface area contributed by atoms with Gasteiger partial charge in [-0.25, -0.2) is 0 Å². The van der Waals surface area contributed by atoms with Gasteiger partial charge in [0.05, 0.1) is 6.26 Å². The van der Waals surface area contributed by atoms with Crippen molar-refractivity contribution in [3.63, 3.8) is 0 Å². The van der Waals surface area contributed by atoms with Crippen molar-refractivity contribution in [1.29, 1.82) is 0 Å². The number of nitrogens with one attached hydrogen (secondary N) is 1. The van der Waals surface area contributed by atoms with Gasteiger partial charge in [-0.15, -0.1) is 0 Å². The molecule has 4 aromatic rings. The van der Waals surface area contributed by atoms with Crippen LogP contribution in [0.2, 0.25) is 5.02 Å². The SMILES string of the molecule is C[C@H](Cc1ccco1)NC(=O)C1CCN(Cc2cc3ccccc3n2Cc2ccc(Cl)cc2)CC1. The molecule has 6 heteroatoms. The largest absolute Gasteiger partial charge is 0.469 e. The standard InChI is InChI=1S/C29H32ClN3O2/c1-21(17-27-6-4-16-35-27)31-29(34)23-12-14-32(15-13-23)20-26-18-24-5-2-3-7-28(24)33(26)19-22-8-10-25(30)11-9-22/h2-11,16,18,21,23H,12-15,17,19-20H2,1H3,(H,31,34)/t21-/m1/s1. The molecule has 0 aliphatic carbocycles. The van der Waals surface area contributed by atoms with Gasteiger partial charge in [0.25, 0.3) is 0 Å². The lowest BCUT2D eigenvalue weighted by atomic mass is 9.95. The van der Waals surface area contributed by atoms with Crippen LogP contribution in [0.3, 0.4) is 0 Å². The zero-order chi connectivity index (χ0) is 24.2. The summed E-state index contributed by atoms with van der Waals surface area (Å²) < 4.78 is 7.82. The zero-order valence-electron chi connectivity index (χ0n) is 20.1. The van der Waals surface area contributed by atoms with Crippen LogP contribution in [0, 0.1) is 5.92 Å². The number of fused-ring (bicyclic) bond motifs is 1. The van der Waals surface area contributed by atoms with Crippen molar-refractivity contribution >= 4 is 28.4 Å². The van der Waals surface area contributed by atoms with Crippen molar-refractivity contribution in [2.75, 3.05) is 13.1 Å². The summed E-state index contributed by atoms with van der Waals surface area (Å²) in [7, 11) is 0. The normalized spacial score (nSPS) is 15.9. The first kappa shape index (κ1) is 23.7. The van der Waals surface area contributed by atoms with Crippen LogP contribution in [0.25, 0.3) is 10.9 Å². The summed E-state index contributed by atoms with van der Waals surface area (Å²) in [6.45, 7) is 5.58. The minimum atomic E-state index is 0.0651. The fraction of sp³-hybridized carbons (Fsp3) is 0.345. The van der Waals surface area contributed by atoms with Crippen LogP contribution in [-0.2, 0) is 24.3 Å². The predicted octanol–water partition coefficient (Wildman–Crippen LogP) is 5.90. The number of benzene rings is 2. The molecule has 1 atom stereocenters. The van der Waals surface area contributed by atoms with Gasteiger partial charge in [0.2, 0.25) is 5.91 Å². The average molecular weight is 490 g/mol. The molecule has 0 bridgehead atoms. The van der Waals surface area contributed by atoms with Crippen LogP contribution in [-0.4, -0.2) is 34.5 Å². The molecule has 1 fully saturated rings. The van der Waals surface area contributed by atoms with E-state index in [4.69, 9.17) is 16.0 Å². The highest BCUT2D eigenvalue weighted by molar-refractivity contribution is 6.30. The fourth-order valence-electron chi connectivity index (χ4n) is 5.08. The molecule has 1 aliphatic rings. The molecular weight excluding hydrogens is 458 g/mol. The van der Waals surface area contributed by atoms with E-state index in [2.05, 4.69) is 57.2 Å². The van der Waals surface area contributed by atoms with Gasteiger partial charge in [0.15, 0.2) is 0 Å². The molecular formula is C29H32ClN3O2. The van der Waals surface area contributed by atoms with Crippen molar-refractivity contribution in [3.05, 3.63) is 95.0 Å². The lowest BCUT2D eigenvalue weighted by Gasteiger charge is -2.32. The van der Waals surface area contributed by atoms with E-state index in [-0.39, 0.29) is 17.9 Å². The Kier molecular flexibility index (Phi) is 7.26. The molecule has 182 valence electrons. The molecule has 1 N–H and O–H groups in total. The maximum atomic E-state index is 12.8. The summed E-state index contributed by atoms with van der Waals surface area (Å²) in [5, 5.41) is 5.20. The van der Waals surface area contributed by atoms with Crippen molar-refractivity contribution in [1.82, 2.24) is 14.8 Å². The Morgan fingerprint density at radius 1 is 1.06 bits per heavy atom. The summed E-state index contributed by atoms with van der Waals surface area (Å²) >= 11 is 6.10. The van der Waals surface area contributed by atoms with Crippen molar-refractivity contribution in [2.45, 2.75) is 45.3 Å². The second kappa shape index (κ2) is 10.7. The third kappa shape index (κ3) is 5.80. The first-order valence-electron chi connectivity index (χ1n) is 12.4. The van der Waals surface area contributed by atoms with E-state index in [1.54, 1.807) is 6.26 Å². The van der Waals surface area contributed by atoms with E-state index in [9.17, 15) is 4.79 Å². The number of aromatic nitrogens is 1. The molecule has 0 spiro atoms. The number of hydrogen-bond donors (Lipinski definition) is 1. The van der Waals surface area contributed by atoms with E-state index >= 15 is 0 Å². The maximum absolute atomic E-state index is 12.8. The fourth-order valence-corrected chi connectivity index (χ4v) is 5.21. The number of carbonyl (C=O) groups is 1. The highest BCUT2D eigenvalue weighted by Gasteiger charge is 2.26. The second-order valence-electron chi connectivity index (χ2n) is 9.65. The molecule has 1 amide bonds. The predicted molar refractivity (Wildman–Crippen MR) is 141 cm³/mol. The van der Waals surface area contributed by atoms with Crippen LogP contribution >= 0.6 is 11.6 Å². The first-order valence-corrected chi connectivity index (χ1v) is 12.8. The number of rotatable bonds is 8. The molecule has 0 radical (unpaired) electrons. The lowest BCUT2D eigenvalue weighted by Crippen LogP contribution is -2.43. The van der Waals surface area contributed by atoms with Gasteiger partial charge in [0.1, 0.15) is 5.76 Å². The van der Waals surface area contributed by atoms with Crippen molar-refractivity contribution in [3.8, 4) is 0 Å². The molecule has 5 rings (SSSR count). The highest BCUT2D eigenvalue weighted by Crippen LogP contribution is 2.25. The molecule has 0 saturated carbocycles. The summed E-state index contributed by atoms with van der Waals surface area (Å²) in [6.07, 6.45) is 4.16. The van der Waals surface area contributed by atoms with Crippen LogP contribution < -0.4 is 5.32 Å². The number of piperidine rings is 1. The average Bonchev–Trinajstić information content (AvgIpc) is 3.49. The summed E-state index contributed by atoms with van der Waals surface area (Å²) in [6, 6.07) is 22.9. The van der Waals surface area contributed by atoms with Crippen molar-refractivity contribution < 1.29 is 9.21 Å². The van der Waals surface area contributed by atoms with Gasteiger partial charge in [0, 0.05) is 47.7 Å². The molecule has 1 aliphatic heterocycles. The highest BCUT2D eigenvalue weighted by atomic mass is 35.5. The zero-order valence-corrected chi connectivity index (χ0v) is 20.9. The lowest BCUT2D eigenvalue weighted by molar-refractivity contribution is -0.127. The Bertz CT molecular complexity index is 1260.